The smallest absolute Gasteiger partial charge is 0.327 e. The van der Waals surface area contributed by atoms with E-state index in [1.54, 1.807) is 45.9 Å². The lowest BCUT2D eigenvalue weighted by Gasteiger charge is -2.27. The van der Waals surface area contributed by atoms with Crippen LogP contribution in [0.15, 0.2) is 41.6 Å². The van der Waals surface area contributed by atoms with Gasteiger partial charge in [0.1, 0.15) is 12.3 Å². The Morgan fingerprint density at radius 2 is 1.87 bits per heavy atom. The number of anilines is 1. The first-order chi connectivity index (χ1) is 22.1. The zero-order valence-corrected chi connectivity index (χ0v) is 28.4. The molecule has 15 nitrogen and oxygen atoms in total. The minimum Gasteiger partial charge on any atom is -0.472 e. The summed E-state index contributed by atoms with van der Waals surface area (Å²) in [5, 5.41) is 25.2. The largest absolute Gasteiger partial charge is 0.472 e. The highest BCUT2D eigenvalue weighted by Gasteiger charge is 2.37. The highest BCUT2D eigenvalue weighted by molar-refractivity contribution is 8.13. The van der Waals surface area contributed by atoms with Gasteiger partial charge in [0.05, 0.1) is 28.8 Å². The lowest BCUT2D eigenvalue weighted by molar-refractivity contribution is -0.385. The van der Waals surface area contributed by atoms with Crippen molar-refractivity contribution in [3.63, 3.8) is 0 Å². The van der Waals surface area contributed by atoms with Crippen LogP contribution in [0.25, 0.3) is 0 Å². The fraction of sp³-hybridized carbons (Fsp3) is 0.433. The fourth-order valence-electron chi connectivity index (χ4n) is 4.00. The van der Waals surface area contributed by atoms with E-state index < -0.39 is 39.3 Å². The third kappa shape index (κ3) is 10.2. The number of aromatic nitrogens is 4. The maximum atomic E-state index is 13.5. The van der Waals surface area contributed by atoms with E-state index in [-0.39, 0.29) is 59.1 Å². The lowest BCUT2D eigenvalue weighted by Crippen LogP contribution is -2.45. The van der Waals surface area contributed by atoms with E-state index in [4.69, 9.17) is 21.1 Å². The van der Waals surface area contributed by atoms with E-state index in [1.165, 1.54) is 23.1 Å². The standard InChI is InChI=1S/C30H36ClN7O8S/c1-7-13-45-24(39)17-37-28(33-34-35-37)47-29(42)36(8-2)16-19-15-20(38(43)44)10-12-23(19)46-25(26(40)30(4,5)6)27(41)32-22-14-18(3)9-11-21(22)31/h9-12,14-15,25H,7-8,13,16-17H2,1-6H3,(H,32,41). The Balaban J connectivity index is 1.92. The first kappa shape index (κ1) is 36.9. The number of nitrogens with one attached hydrogen (secondary N) is 1. The number of thioether (sulfide) groups is 1. The summed E-state index contributed by atoms with van der Waals surface area (Å²) in [6.07, 6.45) is -1.04. The molecule has 1 heterocycles. The summed E-state index contributed by atoms with van der Waals surface area (Å²) >= 11 is 6.92. The summed E-state index contributed by atoms with van der Waals surface area (Å²) in [7, 11) is 0. The van der Waals surface area contributed by atoms with Gasteiger partial charge >= 0.3 is 5.97 Å². The number of carbonyl (C=O) groups excluding carboxylic acids is 4. The van der Waals surface area contributed by atoms with Crippen molar-refractivity contribution in [1.82, 2.24) is 25.1 Å². The highest BCUT2D eigenvalue weighted by atomic mass is 35.5. The molecule has 0 radical (unpaired) electrons. The third-order valence-electron chi connectivity index (χ3n) is 6.52. The number of benzene rings is 2. The molecular weight excluding hydrogens is 654 g/mol. The number of carbonyl (C=O) groups is 4. The molecule has 2 aromatic carbocycles. The molecule has 0 spiro atoms. The van der Waals surface area contributed by atoms with Gasteiger partial charge < -0.3 is 19.7 Å². The van der Waals surface area contributed by atoms with Gasteiger partial charge in [0.25, 0.3) is 16.8 Å². The summed E-state index contributed by atoms with van der Waals surface area (Å²) in [5.41, 5.74) is -0.0706. The Bertz CT molecular complexity index is 1640. The van der Waals surface area contributed by atoms with Crippen LogP contribution in [0, 0.1) is 22.5 Å². The molecule has 3 aromatic rings. The Morgan fingerprint density at radius 1 is 1.15 bits per heavy atom. The number of tetrazole rings is 1. The predicted molar refractivity (Wildman–Crippen MR) is 173 cm³/mol. The number of ketones is 1. The minimum absolute atomic E-state index is 0.0246. The summed E-state index contributed by atoms with van der Waals surface area (Å²) in [6.45, 7) is 10.1. The van der Waals surface area contributed by atoms with Crippen molar-refractivity contribution in [2.24, 2.45) is 5.41 Å². The van der Waals surface area contributed by atoms with Crippen molar-refractivity contribution in [3.8, 4) is 5.75 Å². The molecule has 0 aliphatic heterocycles. The predicted octanol–water partition coefficient (Wildman–Crippen LogP) is 5.23. The monoisotopic (exact) mass is 689 g/mol. The molecule has 17 heteroatoms. The number of hydrogen-bond donors (Lipinski definition) is 1. The van der Waals surface area contributed by atoms with Gasteiger partial charge in [0.15, 0.2) is 5.78 Å². The van der Waals surface area contributed by atoms with Crippen molar-refractivity contribution < 1.29 is 33.6 Å². The first-order valence-corrected chi connectivity index (χ1v) is 15.8. The van der Waals surface area contributed by atoms with Gasteiger partial charge in [-0.3, -0.25) is 29.3 Å². The summed E-state index contributed by atoms with van der Waals surface area (Å²) in [5.74, 6) is -1.97. The number of amides is 2. The topological polar surface area (TPSA) is 189 Å². The van der Waals surface area contributed by atoms with E-state index in [9.17, 15) is 29.3 Å². The third-order valence-corrected chi connectivity index (χ3v) is 7.76. The Hall–Kier alpha value is -4.57. The molecule has 0 bridgehead atoms. The number of aryl methyl sites for hydroxylation is 1. The molecule has 47 heavy (non-hydrogen) atoms. The van der Waals surface area contributed by atoms with Crippen LogP contribution in [0.4, 0.5) is 16.2 Å². The Labute approximate surface area is 280 Å². The molecule has 2 amide bonds. The van der Waals surface area contributed by atoms with Crippen LogP contribution in [-0.4, -0.2) is 72.2 Å². The number of Topliss-reactive ketones (excluding diaryl/α,β-unsaturated/α-hetero) is 1. The normalized spacial score (nSPS) is 11.8. The van der Waals surface area contributed by atoms with Crippen LogP contribution in [0.3, 0.4) is 0 Å². The number of nitrogens with zero attached hydrogens (tertiary/aromatic N) is 6. The van der Waals surface area contributed by atoms with Gasteiger partial charge in [-0.1, -0.05) is 45.4 Å². The molecule has 1 aromatic heterocycles. The highest BCUT2D eigenvalue weighted by Crippen LogP contribution is 2.31. The van der Waals surface area contributed by atoms with E-state index in [0.29, 0.717) is 18.2 Å². The van der Waals surface area contributed by atoms with Crippen molar-refractivity contribution in [3.05, 3.63) is 62.7 Å². The van der Waals surface area contributed by atoms with Gasteiger partial charge in [-0.2, -0.15) is 0 Å². The van der Waals surface area contributed by atoms with E-state index in [2.05, 4.69) is 20.8 Å². The van der Waals surface area contributed by atoms with Gasteiger partial charge in [0, 0.05) is 41.4 Å². The van der Waals surface area contributed by atoms with Crippen LogP contribution in [-0.2, 0) is 32.2 Å². The average molecular weight is 690 g/mol. The van der Waals surface area contributed by atoms with Crippen LogP contribution < -0.4 is 10.1 Å². The molecule has 0 saturated carbocycles. The molecule has 1 N–H and O–H groups in total. The van der Waals surface area contributed by atoms with E-state index >= 15 is 0 Å². The van der Waals surface area contributed by atoms with Crippen molar-refractivity contribution in [2.75, 3.05) is 18.5 Å². The number of esters is 1. The van der Waals surface area contributed by atoms with E-state index in [1.807, 2.05) is 13.8 Å². The number of nitro groups is 1. The van der Waals surface area contributed by atoms with Crippen LogP contribution in [0.1, 0.15) is 52.2 Å². The summed E-state index contributed by atoms with van der Waals surface area (Å²) in [4.78, 5) is 64.9. The molecule has 0 aliphatic carbocycles. The Kier molecular flexibility index (Phi) is 12.8. The molecular formula is C30H36ClN7O8S. The molecule has 0 saturated heterocycles. The summed E-state index contributed by atoms with van der Waals surface area (Å²) < 4.78 is 12.2. The molecule has 3 rings (SSSR count). The molecule has 252 valence electrons. The minimum atomic E-state index is -1.68. The summed E-state index contributed by atoms with van der Waals surface area (Å²) in [6, 6.07) is 8.66. The molecule has 1 atom stereocenters. The maximum Gasteiger partial charge on any atom is 0.327 e. The van der Waals surface area contributed by atoms with Gasteiger partial charge in [0.2, 0.25) is 11.3 Å². The Morgan fingerprint density at radius 3 is 2.51 bits per heavy atom. The number of hydrogen-bond acceptors (Lipinski definition) is 12. The number of nitro benzene ring substituents is 1. The van der Waals surface area contributed by atoms with Crippen LogP contribution in [0.5, 0.6) is 5.75 Å². The SMILES string of the molecule is CCCOC(=O)Cn1nnnc1SC(=O)N(CC)Cc1cc([N+](=O)[O-])ccc1OC(C(=O)Nc1cc(C)ccc1Cl)C(=O)C(C)(C)C. The van der Waals surface area contributed by atoms with Crippen LogP contribution in [0.2, 0.25) is 5.02 Å². The van der Waals surface area contributed by atoms with E-state index in [0.717, 1.165) is 10.2 Å². The second-order valence-electron chi connectivity index (χ2n) is 11.4. The van der Waals surface area contributed by atoms with Crippen molar-refractivity contribution in [1.29, 1.82) is 0 Å². The number of ether oxygens (including phenoxy) is 2. The van der Waals surface area contributed by atoms with Gasteiger partial charge in [-0.25, -0.2) is 4.68 Å². The van der Waals surface area contributed by atoms with Crippen molar-refractivity contribution >= 4 is 57.6 Å². The van der Waals surface area contributed by atoms with Gasteiger partial charge in [-0.05, 0) is 54.5 Å². The zero-order chi connectivity index (χ0) is 34.9. The molecule has 0 aliphatic rings. The number of rotatable bonds is 14. The first-order valence-electron chi connectivity index (χ1n) is 14.6. The fourth-order valence-corrected chi connectivity index (χ4v) is 4.93. The number of halogens is 1. The number of non-ortho nitro benzene ring substituents is 1. The van der Waals surface area contributed by atoms with Gasteiger partial charge in [-0.15, -0.1) is 5.10 Å². The lowest BCUT2D eigenvalue weighted by atomic mass is 9.87. The zero-order valence-electron chi connectivity index (χ0n) is 26.8. The second kappa shape index (κ2) is 16.3. The quantitative estimate of drug-likeness (QED) is 0.0764. The average Bonchev–Trinajstić information content (AvgIpc) is 3.44. The molecule has 0 fully saturated rings. The maximum absolute atomic E-state index is 13.5. The second-order valence-corrected chi connectivity index (χ2v) is 12.7. The van der Waals surface area contributed by atoms with Crippen molar-refractivity contribution in [2.45, 2.75) is 72.3 Å². The molecule has 1 unspecified atom stereocenters. The van der Waals surface area contributed by atoms with Crippen LogP contribution >= 0.6 is 23.4 Å².